The van der Waals surface area contributed by atoms with Crippen LogP contribution < -0.4 is 9.44 Å². The van der Waals surface area contributed by atoms with Gasteiger partial charge in [0.1, 0.15) is 0 Å². The lowest BCUT2D eigenvalue weighted by Gasteiger charge is -2.10. The van der Waals surface area contributed by atoms with Crippen molar-refractivity contribution in [2.75, 3.05) is 9.44 Å². The van der Waals surface area contributed by atoms with E-state index in [0.29, 0.717) is 0 Å². The van der Waals surface area contributed by atoms with E-state index in [4.69, 9.17) is 0 Å². The summed E-state index contributed by atoms with van der Waals surface area (Å²) < 4.78 is 53.9. The maximum Gasteiger partial charge on any atom is 0.270 e. The second-order valence-electron chi connectivity index (χ2n) is 5.56. The SMILES string of the molecule is O=[N+]([O-])c1cccc(S(=O)(=O)Nc2ccc(S(=O)(=O)Nc3ncccn3)cc2)c1. The van der Waals surface area contributed by atoms with Crippen molar-refractivity contribution in [1.82, 2.24) is 9.97 Å². The zero-order valence-corrected chi connectivity index (χ0v) is 16.1. The van der Waals surface area contributed by atoms with Crippen LogP contribution in [0.15, 0.2) is 76.8 Å². The van der Waals surface area contributed by atoms with Gasteiger partial charge in [-0.1, -0.05) is 6.07 Å². The molecule has 0 amide bonds. The Bertz CT molecular complexity index is 1250. The number of benzene rings is 2. The van der Waals surface area contributed by atoms with Crippen LogP contribution in [0, 0.1) is 10.1 Å². The molecule has 0 unspecified atom stereocenters. The zero-order chi connectivity index (χ0) is 21.1. The van der Waals surface area contributed by atoms with Crippen LogP contribution in [0.5, 0.6) is 0 Å². The molecule has 0 aliphatic carbocycles. The Balaban J connectivity index is 1.80. The third-order valence-electron chi connectivity index (χ3n) is 3.55. The van der Waals surface area contributed by atoms with Crippen LogP contribution in [-0.2, 0) is 20.0 Å². The summed E-state index contributed by atoms with van der Waals surface area (Å²) >= 11 is 0. The first-order valence-electron chi connectivity index (χ1n) is 7.84. The van der Waals surface area contributed by atoms with E-state index in [-0.39, 0.29) is 27.1 Å². The van der Waals surface area contributed by atoms with Crippen molar-refractivity contribution < 1.29 is 21.8 Å². The van der Waals surface area contributed by atoms with E-state index in [1.807, 2.05) is 0 Å². The molecular weight excluding hydrogens is 422 g/mol. The second kappa shape index (κ2) is 7.81. The molecule has 1 aromatic heterocycles. The van der Waals surface area contributed by atoms with Gasteiger partial charge >= 0.3 is 0 Å². The quantitative estimate of drug-likeness (QED) is 0.420. The minimum Gasteiger partial charge on any atom is -0.280 e. The Kier molecular flexibility index (Phi) is 5.43. The van der Waals surface area contributed by atoms with Crippen LogP contribution in [-0.4, -0.2) is 31.7 Å². The first-order valence-corrected chi connectivity index (χ1v) is 10.8. The Hall–Kier alpha value is -3.58. The molecule has 3 aromatic rings. The summed E-state index contributed by atoms with van der Waals surface area (Å²) in [5.74, 6) is -0.108. The van der Waals surface area contributed by atoms with Crippen molar-refractivity contribution in [2.24, 2.45) is 0 Å². The molecule has 2 N–H and O–H groups in total. The van der Waals surface area contributed by atoms with Gasteiger partial charge in [0.05, 0.1) is 14.7 Å². The lowest BCUT2D eigenvalue weighted by Crippen LogP contribution is -2.15. The normalized spacial score (nSPS) is 11.6. The fourth-order valence-corrected chi connectivity index (χ4v) is 4.27. The van der Waals surface area contributed by atoms with Crippen molar-refractivity contribution in [3.05, 3.63) is 77.1 Å². The number of rotatable bonds is 7. The number of nitrogens with zero attached hydrogens (tertiary/aromatic N) is 3. The van der Waals surface area contributed by atoms with Gasteiger partial charge in [-0.2, -0.15) is 0 Å². The third kappa shape index (κ3) is 4.83. The van der Waals surface area contributed by atoms with Gasteiger partial charge in [0.15, 0.2) is 0 Å². The van der Waals surface area contributed by atoms with E-state index < -0.39 is 25.0 Å². The molecule has 1 heterocycles. The lowest BCUT2D eigenvalue weighted by molar-refractivity contribution is -0.385. The van der Waals surface area contributed by atoms with Crippen LogP contribution in [0.4, 0.5) is 17.3 Å². The maximum absolute atomic E-state index is 12.4. The maximum atomic E-state index is 12.4. The number of anilines is 2. The number of nitro benzene ring substituents is 1. The highest BCUT2D eigenvalue weighted by Crippen LogP contribution is 2.22. The summed E-state index contributed by atoms with van der Waals surface area (Å²) in [7, 11) is -8.07. The van der Waals surface area contributed by atoms with Gasteiger partial charge in [0, 0.05) is 30.2 Å². The summed E-state index contributed by atoms with van der Waals surface area (Å²) in [5, 5.41) is 10.8. The Morgan fingerprint density at radius 2 is 1.41 bits per heavy atom. The van der Waals surface area contributed by atoms with E-state index in [1.54, 1.807) is 0 Å². The standard InChI is InChI=1S/C16H13N5O6S2/c22-21(23)13-3-1-4-15(11-13)29(26,27)19-12-5-7-14(8-6-12)28(24,25)20-16-17-9-2-10-18-16/h1-11,19H,(H,17,18,20). The van der Waals surface area contributed by atoms with Gasteiger partial charge in [0.2, 0.25) is 5.95 Å². The van der Waals surface area contributed by atoms with Crippen molar-refractivity contribution in [3.63, 3.8) is 0 Å². The number of sulfonamides is 2. The van der Waals surface area contributed by atoms with Crippen molar-refractivity contribution >= 4 is 37.4 Å². The third-order valence-corrected chi connectivity index (χ3v) is 6.27. The molecule has 0 radical (unpaired) electrons. The van der Waals surface area contributed by atoms with Gasteiger partial charge in [-0.25, -0.2) is 31.5 Å². The first-order chi connectivity index (χ1) is 13.7. The topological polar surface area (TPSA) is 161 Å². The van der Waals surface area contributed by atoms with E-state index in [2.05, 4.69) is 19.4 Å². The average molecular weight is 435 g/mol. The number of nitrogens with one attached hydrogen (secondary N) is 2. The summed E-state index contributed by atoms with van der Waals surface area (Å²) in [6.07, 6.45) is 2.74. The highest BCUT2D eigenvalue weighted by molar-refractivity contribution is 7.93. The molecule has 0 saturated heterocycles. The molecule has 0 aliphatic rings. The highest BCUT2D eigenvalue weighted by atomic mass is 32.2. The summed E-state index contributed by atoms with van der Waals surface area (Å²) in [6.45, 7) is 0. The number of aromatic nitrogens is 2. The largest absolute Gasteiger partial charge is 0.280 e. The monoisotopic (exact) mass is 435 g/mol. The summed E-state index contributed by atoms with van der Waals surface area (Å²) in [6, 6.07) is 10.9. The molecule has 0 atom stereocenters. The number of nitro groups is 1. The molecule has 0 aliphatic heterocycles. The summed E-state index contributed by atoms with van der Waals surface area (Å²) in [5.41, 5.74) is -0.296. The van der Waals surface area contributed by atoms with Gasteiger partial charge < -0.3 is 0 Å². The fraction of sp³-hybridized carbons (Fsp3) is 0. The van der Waals surface area contributed by atoms with Crippen LogP contribution in [0.1, 0.15) is 0 Å². The minimum atomic E-state index is -4.11. The molecule has 0 bridgehead atoms. The van der Waals surface area contributed by atoms with Crippen LogP contribution >= 0.6 is 0 Å². The van der Waals surface area contributed by atoms with Gasteiger partial charge in [-0.15, -0.1) is 0 Å². The van der Waals surface area contributed by atoms with Crippen molar-refractivity contribution in [2.45, 2.75) is 9.79 Å². The molecular formula is C16H13N5O6S2. The molecule has 2 aromatic carbocycles. The molecule has 0 fully saturated rings. The highest BCUT2D eigenvalue weighted by Gasteiger charge is 2.19. The van der Waals surface area contributed by atoms with E-state index in [0.717, 1.165) is 6.07 Å². The molecule has 0 saturated carbocycles. The Morgan fingerprint density at radius 3 is 2.03 bits per heavy atom. The van der Waals surface area contributed by atoms with Crippen molar-refractivity contribution in [3.8, 4) is 0 Å². The second-order valence-corrected chi connectivity index (χ2v) is 8.93. The minimum absolute atomic E-state index is 0.0754. The predicted molar refractivity (Wildman–Crippen MR) is 103 cm³/mol. The lowest BCUT2D eigenvalue weighted by atomic mass is 10.3. The fourth-order valence-electron chi connectivity index (χ4n) is 2.21. The molecule has 0 spiro atoms. The van der Waals surface area contributed by atoms with Crippen LogP contribution in [0.3, 0.4) is 0 Å². The Morgan fingerprint density at radius 1 is 0.793 bits per heavy atom. The molecule has 11 nitrogen and oxygen atoms in total. The van der Waals surface area contributed by atoms with Gasteiger partial charge in [0.25, 0.3) is 25.7 Å². The molecule has 150 valence electrons. The van der Waals surface area contributed by atoms with Crippen LogP contribution in [0.2, 0.25) is 0 Å². The van der Waals surface area contributed by atoms with E-state index in [9.17, 15) is 26.9 Å². The van der Waals surface area contributed by atoms with Gasteiger partial charge in [-0.3, -0.25) is 14.8 Å². The van der Waals surface area contributed by atoms with E-state index >= 15 is 0 Å². The van der Waals surface area contributed by atoms with Gasteiger partial charge in [-0.05, 0) is 36.4 Å². The summed E-state index contributed by atoms with van der Waals surface area (Å²) in [4.78, 5) is 17.2. The zero-order valence-electron chi connectivity index (χ0n) is 14.5. The van der Waals surface area contributed by atoms with Crippen LogP contribution in [0.25, 0.3) is 0 Å². The Labute approximate surface area is 165 Å². The smallest absolute Gasteiger partial charge is 0.270 e. The molecule has 29 heavy (non-hydrogen) atoms. The van der Waals surface area contributed by atoms with E-state index in [1.165, 1.54) is 60.9 Å². The first kappa shape index (κ1) is 20.2. The van der Waals surface area contributed by atoms with Crippen molar-refractivity contribution in [1.29, 1.82) is 0 Å². The molecule has 13 heteroatoms. The number of hydrogen-bond donors (Lipinski definition) is 2. The number of hydrogen-bond acceptors (Lipinski definition) is 8. The predicted octanol–water partition coefficient (Wildman–Crippen LogP) is 1.99. The average Bonchev–Trinajstić information content (AvgIpc) is 2.68. The molecule has 3 rings (SSSR count). The number of non-ortho nitro benzene ring substituents is 1.